The van der Waals surface area contributed by atoms with Gasteiger partial charge in [0, 0.05) is 11.4 Å². The molecule has 0 bridgehead atoms. The van der Waals surface area contributed by atoms with Crippen molar-refractivity contribution in [2.45, 2.75) is 38.6 Å². The number of anilines is 1. The van der Waals surface area contributed by atoms with Crippen molar-refractivity contribution in [2.24, 2.45) is 11.8 Å². The lowest BCUT2D eigenvalue weighted by Crippen LogP contribution is -2.24. The Balaban J connectivity index is 1.68. The van der Waals surface area contributed by atoms with Crippen molar-refractivity contribution in [1.29, 1.82) is 0 Å². The fraction of sp³-hybridized carbons (Fsp3) is 0.727. The van der Waals surface area contributed by atoms with Crippen LogP contribution in [-0.4, -0.2) is 11.0 Å². The number of rotatable bonds is 4. The molecule has 0 spiro atoms. The number of hydrogen-bond acceptors (Lipinski definition) is 3. The Labute approximate surface area is 88.7 Å². The highest BCUT2D eigenvalue weighted by atomic mass is 32.1. The molecule has 2 aliphatic carbocycles. The van der Waals surface area contributed by atoms with Gasteiger partial charge in [-0.1, -0.05) is 0 Å². The Kier molecular flexibility index (Phi) is 2.01. The van der Waals surface area contributed by atoms with Gasteiger partial charge in [0.05, 0.1) is 5.69 Å². The van der Waals surface area contributed by atoms with Gasteiger partial charge < -0.3 is 5.32 Å². The van der Waals surface area contributed by atoms with Crippen molar-refractivity contribution in [1.82, 2.24) is 4.98 Å². The normalized spacial score (nSPS) is 21.6. The number of hydrogen-bond donors (Lipinski definition) is 1. The molecular formula is C11H16N2S. The van der Waals surface area contributed by atoms with E-state index in [0.29, 0.717) is 0 Å². The van der Waals surface area contributed by atoms with E-state index in [-0.39, 0.29) is 0 Å². The molecule has 1 aromatic heterocycles. The largest absolute Gasteiger partial charge is 0.358 e. The lowest BCUT2D eigenvalue weighted by molar-refractivity contribution is 0.567. The van der Waals surface area contributed by atoms with Crippen LogP contribution in [0.15, 0.2) is 5.38 Å². The predicted octanol–water partition coefficient (Wildman–Crippen LogP) is 3.05. The van der Waals surface area contributed by atoms with Gasteiger partial charge in [0.15, 0.2) is 5.13 Å². The second-order valence-corrected chi connectivity index (χ2v) is 5.50. The number of nitrogens with zero attached hydrogens (tertiary/aromatic N) is 1. The molecule has 2 aliphatic rings. The third kappa shape index (κ3) is 1.78. The highest BCUT2D eigenvalue weighted by Crippen LogP contribution is 2.46. The molecule has 1 heterocycles. The van der Waals surface area contributed by atoms with Crippen molar-refractivity contribution in [3.8, 4) is 0 Å². The number of nitrogens with one attached hydrogen (secondary N) is 1. The van der Waals surface area contributed by atoms with E-state index >= 15 is 0 Å². The molecule has 0 atom stereocenters. The van der Waals surface area contributed by atoms with Gasteiger partial charge in [-0.2, -0.15) is 0 Å². The van der Waals surface area contributed by atoms with Crippen LogP contribution < -0.4 is 5.32 Å². The zero-order chi connectivity index (χ0) is 9.54. The maximum atomic E-state index is 4.48. The summed E-state index contributed by atoms with van der Waals surface area (Å²) in [5.41, 5.74) is 1.14. The molecule has 0 unspecified atom stereocenters. The number of aryl methyl sites for hydroxylation is 1. The van der Waals surface area contributed by atoms with Gasteiger partial charge in [-0.25, -0.2) is 4.98 Å². The van der Waals surface area contributed by atoms with Crippen molar-refractivity contribution in [3.63, 3.8) is 0 Å². The smallest absolute Gasteiger partial charge is 0.183 e. The monoisotopic (exact) mass is 208 g/mol. The maximum absolute atomic E-state index is 4.48. The Morgan fingerprint density at radius 1 is 1.36 bits per heavy atom. The molecule has 1 N–H and O–H groups in total. The summed E-state index contributed by atoms with van der Waals surface area (Å²) >= 11 is 1.75. The van der Waals surface area contributed by atoms with Crippen LogP contribution in [0.5, 0.6) is 0 Å². The van der Waals surface area contributed by atoms with E-state index in [0.717, 1.165) is 28.7 Å². The van der Waals surface area contributed by atoms with E-state index in [4.69, 9.17) is 0 Å². The van der Waals surface area contributed by atoms with Crippen LogP contribution in [0.1, 0.15) is 31.4 Å². The van der Waals surface area contributed by atoms with Crippen molar-refractivity contribution < 1.29 is 0 Å². The van der Waals surface area contributed by atoms with Gasteiger partial charge in [0.1, 0.15) is 0 Å². The van der Waals surface area contributed by atoms with E-state index < -0.39 is 0 Å². The Hall–Kier alpha value is -0.570. The molecule has 2 nitrogen and oxygen atoms in total. The van der Waals surface area contributed by atoms with Gasteiger partial charge >= 0.3 is 0 Å². The maximum Gasteiger partial charge on any atom is 0.183 e. The summed E-state index contributed by atoms with van der Waals surface area (Å²) < 4.78 is 0. The minimum absolute atomic E-state index is 0.737. The summed E-state index contributed by atoms with van der Waals surface area (Å²) in [6.07, 6.45) is 5.72. The lowest BCUT2D eigenvalue weighted by atomic mass is 10.1. The van der Waals surface area contributed by atoms with Crippen LogP contribution in [0.3, 0.4) is 0 Å². The van der Waals surface area contributed by atoms with E-state index in [1.807, 2.05) is 0 Å². The minimum Gasteiger partial charge on any atom is -0.358 e. The first-order valence-electron chi connectivity index (χ1n) is 5.51. The Morgan fingerprint density at radius 3 is 2.43 bits per heavy atom. The second kappa shape index (κ2) is 3.23. The highest BCUT2D eigenvalue weighted by Gasteiger charge is 2.41. The third-order valence-electron chi connectivity index (χ3n) is 3.17. The van der Waals surface area contributed by atoms with Gasteiger partial charge in [-0.3, -0.25) is 0 Å². The molecule has 2 saturated carbocycles. The van der Waals surface area contributed by atoms with Crippen molar-refractivity contribution in [3.05, 3.63) is 11.1 Å². The third-order valence-corrected chi connectivity index (χ3v) is 4.06. The Bertz CT molecular complexity index is 314. The number of thiazole rings is 1. The lowest BCUT2D eigenvalue weighted by Gasteiger charge is -2.16. The van der Waals surface area contributed by atoms with E-state index in [2.05, 4.69) is 22.6 Å². The van der Waals surface area contributed by atoms with Gasteiger partial charge in [-0.15, -0.1) is 11.3 Å². The summed E-state index contributed by atoms with van der Waals surface area (Å²) in [5, 5.41) is 6.89. The summed E-state index contributed by atoms with van der Waals surface area (Å²) in [6.45, 7) is 2.06. The average molecular weight is 208 g/mol. The van der Waals surface area contributed by atoms with Gasteiger partial charge in [-0.05, 0) is 44.4 Å². The molecule has 2 fully saturated rings. The van der Waals surface area contributed by atoms with Gasteiger partial charge in [0.2, 0.25) is 0 Å². The van der Waals surface area contributed by atoms with Crippen molar-refractivity contribution in [2.75, 3.05) is 5.32 Å². The number of aromatic nitrogens is 1. The molecule has 0 saturated heterocycles. The molecule has 0 aromatic carbocycles. The van der Waals surface area contributed by atoms with Crippen LogP contribution in [-0.2, 0) is 0 Å². The first kappa shape index (κ1) is 8.72. The average Bonchev–Trinajstić information content (AvgIpc) is 3.04. The van der Waals surface area contributed by atoms with E-state index in [1.54, 1.807) is 11.3 Å². The molecule has 3 heteroatoms. The SMILES string of the molecule is Cc1csc(NC(C2CC2)C2CC2)n1. The minimum atomic E-state index is 0.737. The molecule has 76 valence electrons. The quantitative estimate of drug-likeness (QED) is 0.822. The van der Waals surface area contributed by atoms with Crippen LogP contribution in [0.4, 0.5) is 5.13 Å². The standard InChI is InChI=1S/C11H16N2S/c1-7-6-14-11(12-7)13-10(8-2-3-8)9-4-5-9/h6,8-10H,2-5H2,1H3,(H,12,13). The topological polar surface area (TPSA) is 24.9 Å². The molecule has 0 aliphatic heterocycles. The Morgan fingerprint density at radius 2 is 2.00 bits per heavy atom. The van der Waals surface area contributed by atoms with Crippen LogP contribution in [0, 0.1) is 18.8 Å². The highest BCUT2D eigenvalue weighted by molar-refractivity contribution is 7.13. The summed E-state index contributed by atoms with van der Waals surface area (Å²) in [4.78, 5) is 4.48. The molecular weight excluding hydrogens is 192 g/mol. The van der Waals surface area contributed by atoms with E-state index in [9.17, 15) is 0 Å². The van der Waals surface area contributed by atoms with Crippen molar-refractivity contribution >= 4 is 16.5 Å². The van der Waals surface area contributed by atoms with Gasteiger partial charge in [0.25, 0.3) is 0 Å². The summed E-state index contributed by atoms with van der Waals surface area (Å²) in [5.74, 6) is 1.90. The van der Waals surface area contributed by atoms with Crippen LogP contribution >= 0.6 is 11.3 Å². The fourth-order valence-corrected chi connectivity index (χ4v) is 2.83. The molecule has 0 radical (unpaired) electrons. The molecule has 1 aromatic rings. The molecule has 14 heavy (non-hydrogen) atoms. The first-order chi connectivity index (χ1) is 6.83. The van der Waals surface area contributed by atoms with Crippen LogP contribution in [0.25, 0.3) is 0 Å². The van der Waals surface area contributed by atoms with E-state index in [1.165, 1.54) is 25.7 Å². The second-order valence-electron chi connectivity index (χ2n) is 4.64. The molecule has 3 rings (SSSR count). The zero-order valence-electron chi connectivity index (χ0n) is 8.49. The zero-order valence-corrected chi connectivity index (χ0v) is 9.31. The van der Waals surface area contributed by atoms with Crippen LogP contribution in [0.2, 0.25) is 0 Å². The molecule has 0 amide bonds. The first-order valence-corrected chi connectivity index (χ1v) is 6.39. The summed E-state index contributed by atoms with van der Waals surface area (Å²) in [6, 6.07) is 0.737. The fourth-order valence-electron chi connectivity index (χ4n) is 2.09. The predicted molar refractivity (Wildman–Crippen MR) is 59.7 cm³/mol. The summed E-state index contributed by atoms with van der Waals surface area (Å²) in [7, 11) is 0.